The second-order valence-corrected chi connectivity index (χ2v) is 19.1. The molecule has 0 atom stereocenters. The quantitative estimate of drug-likeness (QED) is 0.140. The Morgan fingerprint density at radius 2 is 0.347 bits per heavy atom. The summed E-state index contributed by atoms with van der Waals surface area (Å²) in [5.74, 6) is 0. The first-order chi connectivity index (χ1) is 35.7. The minimum absolute atomic E-state index is 1.19. The molecule has 0 aromatic heterocycles. The lowest BCUT2D eigenvalue weighted by Gasteiger charge is -2.24. The normalized spacial score (nSPS) is 11.6. The Morgan fingerprint density at radius 3 is 0.639 bits per heavy atom. The van der Waals surface area contributed by atoms with Gasteiger partial charge in [-0.3, -0.25) is 0 Å². The summed E-state index contributed by atoms with van der Waals surface area (Å²) in [6.07, 6.45) is 0. The molecule has 72 heavy (non-hydrogen) atoms. The van der Waals surface area contributed by atoms with Crippen LogP contribution in [0.5, 0.6) is 0 Å². The number of hydrogen-bond acceptors (Lipinski definition) is 0. The predicted molar refractivity (Wildman–Crippen MR) is 310 cm³/mol. The predicted octanol–water partition coefficient (Wildman–Crippen LogP) is 20.3. The van der Waals surface area contributed by atoms with E-state index in [-0.39, 0.29) is 0 Å². The van der Waals surface area contributed by atoms with Crippen molar-refractivity contribution in [3.05, 3.63) is 279 Å². The van der Waals surface area contributed by atoms with Gasteiger partial charge in [0.05, 0.1) is 0 Å². The maximum absolute atomic E-state index is 2.43. The fourth-order valence-electron chi connectivity index (χ4n) is 11.7. The standard InChI is InChI=1S/C72H46/c1-3-19-47(20-4-1)49-35-39-51(40-36-49)65-43-53-23-7-9-25-55(53)45-67(65)69-57-27-11-15-31-61(57)71(62-32-16-12-28-58(62)69)72-63-33-17-13-29-59(63)70(60-30-14-18-34-64(60)72)68-46-56-26-10-8-24-54(56)44-66(68)52-41-37-50(38-42-52)48-21-5-2-6-22-48/h1-46H. The van der Waals surface area contributed by atoms with Gasteiger partial charge in [0.1, 0.15) is 0 Å². The molecule has 14 aromatic carbocycles. The van der Waals surface area contributed by atoms with Crippen molar-refractivity contribution in [2.24, 2.45) is 0 Å². The largest absolute Gasteiger partial charge is 0.0622 e. The van der Waals surface area contributed by atoms with E-state index in [0.717, 1.165) is 0 Å². The molecule has 0 heteroatoms. The molecular weight excluding hydrogens is 865 g/mol. The lowest BCUT2D eigenvalue weighted by Crippen LogP contribution is -1.96. The van der Waals surface area contributed by atoms with Crippen molar-refractivity contribution in [3.63, 3.8) is 0 Å². The van der Waals surface area contributed by atoms with Gasteiger partial charge in [-0.2, -0.15) is 0 Å². The Labute approximate surface area is 419 Å². The molecule has 0 N–H and O–H groups in total. The highest BCUT2D eigenvalue weighted by Crippen LogP contribution is 2.52. The summed E-state index contributed by atoms with van der Waals surface area (Å²) in [6.45, 7) is 0. The minimum Gasteiger partial charge on any atom is -0.0622 e. The Balaban J connectivity index is 1.04. The van der Waals surface area contributed by atoms with Crippen LogP contribution in [0.4, 0.5) is 0 Å². The fraction of sp³-hybridized carbons (Fsp3) is 0. The maximum Gasteiger partial charge on any atom is -0.00139 e. The molecule has 0 aliphatic carbocycles. The topological polar surface area (TPSA) is 0 Å². The number of benzene rings is 14. The molecule has 0 heterocycles. The van der Waals surface area contributed by atoms with Crippen LogP contribution in [0, 0.1) is 0 Å². The first kappa shape index (κ1) is 41.6. The van der Waals surface area contributed by atoms with E-state index in [1.807, 2.05) is 0 Å². The third-order valence-corrected chi connectivity index (χ3v) is 15.0. The summed E-state index contributed by atoms with van der Waals surface area (Å²) in [7, 11) is 0. The van der Waals surface area contributed by atoms with Crippen molar-refractivity contribution in [3.8, 4) is 77.9 Å². The zero-order valence-electron chi connectivity index (χ0n) is 39.6. The van der Waals surface area contributed by atoms with E-state index >= 15 is 0 Å². The molecule has 334 valence electrons. The molecule has 0 nitrogen and oxygen atoms in total. The smallest absolute Gasteiger partial charge is 0.00139 e. The molecule has 0 unspecified atom stereocenters. The van der Waals surface area contributed by atoms with Gasteiger partial charge in [-0.25, -0.2) is 0 Å². The van der Waals surface area contributed by atoms with Gasteiger partial charge in [0.2, 0.25) is 0 Å². The summed E-state index contributed by atoms with van der Waals surface area (Å²) in [4.78, 5) is 0. The number of fused-ring (bicyclic) bond motifs is 6. The lowest BCUT2D eigenvalue weighted by atomic mass is 9.79. The second-order valence-electron chi connectivity index (χ2n) is 19.1. The molecule has 0 fully saturated rings. The van der Waals surface area contributed by atoms with Crippen LogP contribution in [0.25, 0.3) is 143 Å². The Morgan fingerprint density at radius 1 is 0.139 bits per heavy atom. The zero-order valence-corrected chi connectivity index (χ0v) is 39.6. The first-order valence-electron chi connectivity index (χ1n) is 25.0. The molecule has 0 saturated carbocycles. The van der Waals surface area contributed by atoms with E-state index in [0.29, 0.717) is 0 Å². The van der Waals surface area contributed by atoms with Gasteiger partial charge in [0.25, 0.3) is 0 Å². The summed E-state index contributed by atoms with van der Waals surface area (Å²) < 4.78 is 0. The van der Waals surface area contributed by atoms with Crippen molar-refractivity contribution in [2.75, 3.05) is 0 Å². The minimum atomic E-state index is 1.19. The highest BCUT2D eigenvalue weighted by molar-refractivity contribution is 6.31. The van der Waals surface area contributed by atoms with E-state index in [9.17, 15) is 0 Å². The third-order valence-electron chi connectivity index (χ3n) is 15.0. The van der Waals surface area contributed by atoms with Crippen LogP contribution < -0.4 is 0 Å². The Hall–Kier alpha value is -9.36. The van der Waals surface area contributed by atoms with Gasteiger partial charge in [-0.1, -0.05) is 255 Å². The molecular formula is C72H46. The van der Waals surface area contributed by atoms with Crippen LogP contribution in [0.1, 0.15) is 0 Å². The molecule has 0 radical (unpaired) electrons. The van der Waals surface area contributed by atoms with Crippen molar-refractivity contribution >= 4 is 64.6 Å². The second kappa shape index (κ2) is 17.2. The van der Waals surface area contributed by atoms with Crippen LogP contribution in [0.15, 0.2) is 279 Å². The van der Waals surface area contributed by atoms with Gasteiger partial charge in [-0.05, 0) is 167 Å². The Bertz CT molecular complexity index is 3990. The summed E-state index contributed by atoms with van der Waals surface area (Å²) in [5.41, 5.74) is 17.2. The average molecular weight is 911 g/mol. The van der Waals surface area contributed by atoms with E-state index in [1.165, 1.54) is 143 Å². The highest BCUT2D eigenvalue weighted by atomic mass is 14.3. The van der Waals surface area contributed by atoms with Crippen LogP contribution in [0.2, 0.25) is 0 Å². The fourth-order valence-corrected chi connectivity index (χ4v) is 11.7. The highest BCUT2D eigenvalue weighted by Gasteiger charge is 2.25. The van der Waals surface area contributed by atoms with Gasteiger partial charge in [0, 0.05) is 0 Å². The van der Waals surface area contributed by atoms with Crippen LogP contribution in [-0.4, -0.2) is 0 Å². The van der Waals surface area contributed by atoms with Gasteiger partial charge < -0.3 is 0 Å². The summed E-state index contributed by atoms with van der Waals surface area (Å²) >= 11 is 0. The van der Waals surface area contributed by atoms with Crippen molar-refractivity contribution in [2.45, 2.75) is 0 Å². The number of hydrogen-bond donors (Lipinski definition) is 0. The summed E-state index contributed by atoms with van der Waals surface area (Å²) in [6, 6.07) is 103. The molecule has 0 spiro atoms. The van der Waals surface area contributed by atoms with E-state index in [4.69, 9.17) is 0 Å². The van der Waals surface area contributed by atoms with Crippen molar-refractivity contribution < 1.29 is 0 Å². The van der Waals surface area contributed by atoms with Crippen LogP contribution in [-0.2, 0) is 0 Å². The molecule has 0 amide bonds. The Kier molecular flexibility index (Phi) is 9.96. The summed E-state index contributed by atoms with van der Waals surface area (Å²) in [5, 5.41) is 14.8. The lowest BCUT2D eigenvalue weighted by molar-refractivity contribution is 1.59. The monoisotopic (exact) mass is 910 g/mol. The zero-order chi connectivity index (χ0) is 47.5. The van der Waals surface area contributed by atoms with Gasteiger partial charge in [-0.15, -0.1) is 0 Å². The number of rotatable bonds is 7. The first-order valence-corrected chi connectivity index (χ1v) is 25.0. The molecule has 14 aromatic rings. The molecule has 0 aliphatic heterocycles. The third kappa shape index (κ3) is 6.91. The molecule has 0 saturated heterocycles. The molecule has 0 aliphatic rings. The van der Waals surface area contributed by atoms with E-state index in [1.54, 1.807) is 0 Å². The van der Waals surface area contributed by atoms with Crippen molar-refractivity contribution in [1.82, 2.24) is 0 Å². The van der Waals surface area contributed by atoms with Crippen LogP contribution >= 0.6 is 0 Å². The van der Waals surface area contributed by atoms with Gasteiger partial charge in [0.15, 0.2) is 0 Å². The van der Waals surface area contributed by atoms with Crippen LogP contribution in [0.3, 0.4) is 0 Å². The van der Waals surface area contributed by atoms with E-state index < -0.39 is 0 Å². The SMILES string of the molecule is c1ccc(-c2ccc(-c3cc4ccccc4cc3-c3c4ccccc4c(-c4c5ccccc5c(-c5cc6ccccc6cc5-c5ccc(-c6ccccc6)cc5)c5ccccc45)c4ccccc34)cc2)cc1. The molecule has 0 bridgehead atoms. The maximum atomic E-state index is 2.43. The van der Waals surface area contributed by atoms with Gasteiger partial charge >= 0.3 is 0 Å². The molecule has 14 rings (SSSR count). The van der Waals surface area contributed by atoms with E-state index in [2.05, 4.69) is 279 Å². The average Bonchev–Trinajstić information content (AvgIpc) is 3.46. The van der Waals surface area contributed by atoms with Crippen molar-refractivity contribution in [1.29, 1.82) is 0 Å².